The number of hydrogen-bond donors (Lipinski definition) is 1. The quantitative estimate of drug-likeness (QED) is 0.771. The van der Waals surface area contributed by atoms with Crippen molar-refractivity contribution in [2.75, 3.05) is 6.61 Å². The predicted molar refractivity (Wildman–Crippen MR) is 68.0 cm³/mol. The van der Waals surface area contributed by atoms with Crippen molar-refractivity contribution < 1.29 is 9.26 Å². The fourth-order valence-electron chi connectivity index (χ4n) is 1.86. The SMILES string of the molecule is CCOC(c1noc(CNC(C)CC)n1)C1CC1. The minimum atomic E-state index is 0.0242. The lowest BCUT2D eigenvalue weighted by Gasteiger charge is -2.11. The molecule has 1 aliphatic rings. The van der Waals surface area contributed by atoms with Gasteiger partial charge in [0.25, 0.3) is 0 Å². The van der Waals surface area contributed by atoms with Crippen molar-refractivity contribution in [3.63, 3.8) is 0 Å². The Morgan fingerprint density at radius 3 is 2.83 bits per heavy atom. The van der Waals surface area contributed by atoms with Crippen LogP contribution in [0, 0.1) is 5.92 Å². The predicted octanol–water partition coefficient (Wildman–Crippen LogP) is 2.45. The van der Waals surface area contributed by atoms with Crippen LogP contribution in [0.3, 0.4) is 0 Å². The topological polar surface area (TPSA) is 60.2 Å². The van der Waals surface area contributed by atoms with Crippen molar-refractivity contribution in [2.45, 2.75) is 58.7 Å². The minimum Gasteiger partial charge on any atom is -0.370 e. The lowest BCUT2D eigenvalue weighted by atomic mass is 10.2. The summed E-state index contributed by atoms with van der Waals surface area (Å²) in [7, 11) is 0. The maximum Gasteiger partial charge on any atom is 0.240 e. The van der Waals surface area contributed by atoms with Crippen LogP contribution in [-0.2, 0) is 11.3 Å². The van der Waals surface area contributed by atoms with Gasteiger partial charge in [0.2, 0.25) is 11.7 Å². The van der Waals surface area contributed by atoms with E-state index in [0.717, 1.165) is 6.42 Å². The van der Waals surface area contributed by atoms with Gasteiger partial charge in [-0.3, -0.25) is 0 Å². The number of nitrogens with zero attached hydrogens (tertiary/aromatic N) is 2. The summed E-state index contributed by atoms with van der Waals surface area (Å²) in [5.41, 5.74) is 0. The minimum absolute atomic E-state index is 0.0242. The Morgan fingerprint density at radius 1 is 1.44 bits per heavy atom. The molecule has 1 aromatic rings. The molecule has 1 saturated carbocycles. The first-order valence-electron chi connectivity index (χ1n) is 6.92. The van der Waals surface area contributed by atoms with Crippen LogP contribution >= 0.6 is 0 Å². The molecule has 1 N–H and O–H groups in total. The largest absolute Gasteiger partial charge is 0.370 e. The fourth-order valence-corrected chi connectivity index (χ4v) is 1.86. The Hall–Kier alpha value is -0.940. The van der Waals surface area contributed by atoms with Crippen LogP contribution in [0.5, 0.6) is 0 Å². The maximum atomic E-state index is 5.71. The summed E-state index contributed by atoms with van der Waals surface area (Å²) in [4.78, 5) is 4.43. The molecule has 1 heterocycles. The van der Waals surface area contributed by atoms with Gasteiger partial charge in [-0.2, -0.15) is 4.98 Å². The highest BCUT2D eigenvalue weighted by Gasteiger charge is 2.36. The molecule has 1 aliphatic carbocycles. The van der Waals surface area contributed by atoms with Gasteiger partial charge >= 0.3 is 0 Å². The first-order chi connectivity index (χ1) is 8.74. The van der Waals surface area contributed by atoms with Gasteiger partial charge in [-0.05, 0) is 39.0 Å². The van der Waals surface area contributed by atoms with Crippen LogP contribution in [0.2, 0.25) is 0 Å². The molecular weight excluding hydrogens is 230 g/mol. The van der Waals surface area contributed by atoms with Crippen molar-refractivity contribution in [3.05, 3.63) is 11.7 Å². The van der Waals surface area contributed by atoms with Gasteiger partial charge in [-0.1, -0.05) is 12.1 Å². The molecule has 0 saturated heterocycles. The number of hydrogen-bond acceptors (Lipinski definition) is 5. The Bertz CT molecular complexity index is 363. The molecule has 0 radical (unpaired) electrons. The second-order valence-corrected chi connectivity index (χ2v) is 4.95. The average Bonchev–Trinajstić information content (AvgIpc) is 3.11. The normalized spacial score (nSPS) is 18.8. The van der Waals surface area contributed by atoms with Crippen LogP contribution in [-0.4, -0.2) is 22.8 Å². The van der Waals surface area contributed by atoms with E-state index in [0.29, 0.717) is 36.8 Å². The molecule has 1 fully saturated rings. The third-order valence-electron chi connectivity index (χ3n) is 3.35. The highest BCUT2D eigenvalue weighted by Crippen LogP contribution is 2.42. The van der Waals surface area contributed by atoms with Crippen LogP contribution in [0.15, 0.2) is 4.52 Å². The van der Waals surface area contributed by atoms with E-state index in [4.69, 9.17) is 9.26 Å². The van der Waals surface area contributed by atoms with E-state index in [9.17, 15) is 0 Å². The van der Waals surface area contributed by atoms with Gasteiger partial charge in [0.1, 0.15) is 6.10 Å². The molecule has 2 atom stereocenters. The first-order valence-corrected chi connectivity index (χ1v) is 6.92. The van der Waals surface area contributed by atoms with Gasteiger partial charge in [0, 0.05) is 12.6 Å². The van der Waals surface area contributed by atoms with Crippen LogP contribution in [0.1, 0.15) is 57.9 Å². The van der Waals surface area contributed by atoms with Crippen molar-refractivity contribution in [2.24, 2.45) is 5.92 Å². The zero-order valence-electron chi connectivity index (χ0n) is 11.5. The average molecular weight is 253 g/mol. The first kappa shape index (κ1) is 13.5. The molecular formula is C13H23N3O2. The van der Waals surface area contributed by atoms with E-state index in [1.165, 1.54) is 12.8 Å². The molecule has 2 unspecified atom stereocenters. The molecule has 5 heteroatoms. The molecule has 0 aliphatic heterocycles. The van der Waals surface area contributed by atoms with E-state index in [-0.39, 0.29) is 6.10 Å². The summed E-state index contributed by atoms with van der Waals surface area (Å²) in [6.07, 6.45) is 3.53. The van der Waals surface area contributed by atoms with Crippen LogP contribution in [0.25, 0.3) is 0 Å². The summed E-state index contributed by atoms with van der Waals surface area (Å²) >= 11 is 0. The highest BCUT2D eigenvalue weighted by molar-refractivity contribution is 4.98. The zero-order chi connectivity index (χ0) is 13.0. The van der Waals surface area contributed by atoms with Gasteiger partial charge in [-0.15, -0.1) is 0 Å². The van der Waals surface area contributed by atoms with E-state index in [1.54, 1.807) is 0 Å². The molecule has 0 aromatic carbocycles. The molecule has 5 nitrogen and oxygen atoms in total. The van der Waals surface area contributed by atoms with E-state index < -0.39 is 0 Å². The number of aromatic nitrogens is 2. The van der Waals surface area contributed by atoms with Gasteiger partial charge in [-0.25, -0.2) is 0 Å². The molecule has 18 heavy (non-hydrogen) atoms. The Kier molecular flexibility index (Phi) is 4.72. The standard InChI is InChI=1S/C13H23N3O2/c1-4-9(3)14-8-11-15-13(16-18-11)12(17-5-2)10-6-7-10/h9-10,12,14H,4-8H2,1-3H3. The molecule has 0 amide bonds. The summed E-state index contributed by atoms with van der Waals surface area (Å²) in [5.74, 6) is 1.94. The van der Waals surface area contributed by atoms with Crippen molar-refractivity contribution in [1.29, 1.82) is 0 Å². The molecule has 0 spiro atoms. The molecule has 0 bridgehead atoms. The number of ether oxygens (including phenoxy) is 1. The zero-order valence-corrected chi connectivity index (χ0v) is 11.5. The Morgan fingerprint density at radius 2 is 2.22 bits per heavy atom. The van der Waals surface area contributed by atoms with Crippen LogP contribution in [0.4, 0.5) is 0 Å². The third kappa shape index (κ3) is 3.53. The number of rotatable bonds is 8. The summed E-state index contributed by atoms with van der Waals surface area (Å²) < 4.78 is 11.0. The van der Waals surface area contributed by atoms with E-state index in [1.807, 2.05) is 6.92 Å². The maximum absolute atomic E-state index is 5.71. The molecule has 102 valence electrons. The van der Waals surface area contributed by atoms with Gasteiger partial charge < -0.3 is 14.6 Å². The highest BCUT2D eigenvalue weighted by atomic mass is 16.5. The smallest absolute Gasteiger partial charge is 0.240 e. The van der Waals surface area contributed by atoms with Crippen LogP contribution < -0.4 is 5.32 Å². The fraction of sp³-hybridized carbons (Fsp3) is 0.846. The number of nitrogens with one attached hydrogen (secondary N) is 1. The van der Waals surface area contributed by atoms with E-state index >= 15 is 0 Å². The summed E-state index contributed by atoms with van der Waals surface area (Å²) in [5, 5.41) is 7.39. The van der Waals surface area contributed by atoms with Gasteiger partial charge in [0.15, 0.2) is 0 Å². The molecule has 1 aromatic heterocycles. The second-order valence-electron chi connectivity index (χ2n) is 4.95. The molecule has 2 rings (SSSR count). The van der Waals surface area contributed by atoms with Gasteiger partial charge in [0.05, 0.1) is 6.54 Å². The van der Waals surface area contributed by atoms with E-state index in [2.05, 4.69) is 29.3 Å². The summed E-state index contributed by atoms with van der Waals surface area (Å²) in [6, 6.07) is 0.464. The second kappa shape index (κ2) is 6.29. The van der Waals surface area contributed by atoms with Crippen molar-refractivity contribution in [3.8, 4) is 0 Å². The third-order valence-corrected chi connectivity index (χ3v) is 3.35. The lowest BCUT2D eigenvalue weighted by molar-refractivity contribution is 0.0384. The Labute approximate surface area is 108 Å². The van der Waals surface area contributed by atoms with Crippen molar-refractivity contribution in [1.82, 2.24) is 15.5 Å². The Balaban J connectivity index is 1.91. The lowest BCUT2D eigenvalue weighted by Crippen LogP contribution is -2.24. The summed E-state index contributed by atoms with van der Waals surface area (Å²) in [6.45, 7) is 7.61. The van der Waals surface area contributed by atoms with Crippen molar-refractivity contribution >= 4 is 0 Å². The monoisotopic (exact) mass is 253 g/mol.